The van der Waals surface area contributed by atoms with Gasteiger partial charge < -0.3 is 11.1 Å². The minimum absolute atomic E-state index is 0.131. The standard InChI is InChI=1S/C14H10Br2F2N2O/c1-6-2-8(15)13(9(16)3-6)20-14(21)7-4-10(17)11(18)5-12(7)19/h2-5H,19H2,1H3,(H,20,21). The molecule has 0 radical (unpaired) electrons. The largest absolute Gasteiger partial charge is 0.398 e. The van der Waals surface area contributed by atoms with Crippen LogP contribution in [0.4, 0.5) is 20.2 Å². The highest BCUT2D eigenvalue weighted by atomic mass is 79.9. The number of aryl methyl sites for hydroxylation is 1. The monoisotopic (exact) mass is 418 g/mol. The number of nitrogens with one attached hydrogen (secondary N) is 1. The molecule has 0 saturated heterocycles. The van der Waals surface area contributed by atoms with Gasteiger partial charge in [0.05, 0.1) is 11.3 Å². The SMILES string of the molecule is Cc1cc(Br)c(NC(=O)c2cc(F)c(F)cc2N)c(Br)c1. The van der Waals surface area contributed by atoms with Crippen LogP contribution >= 0.6 is 31.9 Å². The zero-order valence-corrected chi connectivity index (χ0v) is 14.0. The molecule has 2 aromatic carbocycles. The number of hydrogen-bond acceptors (Lipinski definition) is 2. The molecule has 1 amide bonds. The van der Waals surface area contributed by atoms with E-state index in [0.717, 1.165) is 17.7 Å². The highest BCUT2D eigenvalue weighted by Crippen LogP contribution is 2.33. The Morgan fingerprint density at radius 1 is 1.10 bits per heavy atom. The van der Waals surface area contributed by atoms with Gasteiger partial charge in [-0.3, -0.25) is 4.79 Å². The van der Waals surface area contributed by atoms with Crippen LogP contribution in [0.5, 0.6) is 0 Å². The minimum Gasteiger partial charge on any atom is -0.398 e. The van der Waals surface area contributed by atoms with Gasteiger partial charge in [0.15, 0.2) is 11.6 Å². The van der Waals surface area contributed by atoms with Crippen LogP contribution < -0.4 is 11.1 Å². The third kappa shape index (κ3) is 3.41. The third-order valence-corrected chi connectivity index (χ3v) is 4.01. The number of halogens is 4. The van der Waals surface area contributed by atoms with E-state index in [-0.39, 0.29) is 11.3 Å². The van der Waals surface area contributed by atoms with Crippen LogP contribution in [0.15, 0.2) is 33.2 Å². The maximum absolute atomic E-state index is 13.2. The Kier molecular flexibility index (Phi) is 4.63. The molecule has 3 nitrogen and oxygen atoms in total. The maximum atomic E-state index is 13.2. The summed E-state index contributed by atoms with van der Waals surface area (Å²) in [5.41, 5.74) is 6.76. The number of carbonyl (C=O) groups excluding carboxylic acids is 1. The molecule has 0 fully saturated rings. The summed E-state index contributed by atoms with van der Waals surface area (Å²) in [5, 5.41) is 2.61. The van der Waals surface area contributed by atoms with E-state index in [2.05, 4.69) is 37.2 Å². The Labute approximate surface area is 136 Å². The zero-order chi connectivity index (χ0) is 15.7. The molecule has 3 N–H and O–H groups in total. The van der Waals surface area contributed by atoms with E-state index in [1.165, 1.54) is 0 Å². The lowest BCUT2D eigenvalue weighted by atomic mass is 10.1. The minimum atomic E-state index is -1.13. The van der Waals surface area contributed by atoms with Crippen LogP contribution in [-0.2, 0) is 0 Å². The van der Waals surface area contributed by atoms with Gasteiger partial charge in [-0.15, -0.1) is 0 Å². The van der Waals surface area contributed by atoms with Crippen LogP contribution in [-0.4, -0.2) is 5.91 Å². The average molecular weight is 420 g/mol. The molecule has 0 atom stereocenters. The molecule has 21 heavy (non-hydrogen) atoms. The number of nitrogens with two attached hydrogens (primary N) is 1. The van der Waals surface area contributed by atoms with Gasteiger partial charge in [0.1, 0.15) is 0 Å². The number of carbonyl (C=O) groups is 1. The van der Waals surface area contributed by atoms with E-state index in [1.807, 2.05) is 19.1 Å². The fraction of sp³-hybridized carbons (Fsp3) is 0.0714. The highest BCUT2D eigenvalue weighted by molar-refractivity contribution is 9.11. The van der Waals surface area contributed by atoms with Gasteiger partial charge in [0.2, 0.25) is 0 Å². The molecular formula is C14H10Br2F2N2O. The first-order chi connectivity index (χ1) is 9.79. The summed E-state index contributed by atoms with van der Waals surface area (Å²) in [6.07, 6.45) is 0. The molecule has 0 aromatic heterocycles. The number of benzene rings is 2. The summed E-state index contributed by atoms with van der Waals surface area (Å²) in [5.74, 6) is -2.85. The molecule has 7 heteroatoms. The summed E-state index contributed by atoms with van der Waals surface area (Å²) in [7, 11) is 0. The van der Waals surface area contributed by atoms with Crippen molar-refractivity contribution in [2.75, 3.05) is 11.1 Å². The molecule has 0 saturated carbocycles. The van der Waals surface area contributed by atoms with E-state index in [1.54, 1.807) is 0 Å². The molecule has 2 aromatic rings. The van der Waals surface area contributed by atoms with Crippen molar-refractivity contribution in [3.63, 3.8) is 0 Å². The first-order valence-electron chi connectivity index (χ1n) is 5.81. The Morgan fingerprint density at radius 2 is 1.62 bits per heavy atom. The van der Waals surface area contributed by atoms with Crippen LogP contribution in [0, 0.1) is 18.6 Å². The van der Waals surface area contributed by atoms with Gasteiger partial charge in [-0.25, -0.2) is 8.78 Å². The number of anilines is 2. The van der Waals surface area contributed by atoms with Crippen molar-refractivity contribution in [3.05, 3.63) is 56.0 Å². The van der Waals surface area contributed by atoms with E-state index in [4.69, 9.17) is 5.73 Å². The van der Waals surface area contributed by atoms with Crippen molar-refractivity contribution in [2.45, 2.75) is 6.92 Å². The lowest BCUT2D eigenvalue weighted by molar-refractivity contribution is 0.102. The summed E-state index contributed by atoms with van der Waals surface area (Å²) >= 11 is 6.67. The molecule has 0 aliphatic carbocycles. The van der Waals surface area contributed by atoms with Crippen LogP contribution in [0.3, 0.4) is 0 Å². The lowest BCUT2D eigenvalue weighted by Crippen LogP contribution is -2.15. The first kappa shape index (κ1) is 15.9. The molecule has 0 aliphatic rings. The quantitative estimate of drug-likeness (QED) is 0.697. The van der Waals surface area contributed by atoms with Gasteiger partial charge in [0.25, 0.3) is 5.91 Å². The average Bonchev–Trinajstić information content (AvgIpc) is 2.37. The van der Waals surface area contributed by atoms with Gasteiger partial charge in [-0.05, 0) is 62.5 Å². The molecule has 2 rings (SSSR count). The molecule has 0 bridgehead atoms. The first-order valence-corrected chi connectivity index (χ1v) is 7.39. The second kappa shape index (κ2) is 6.11. The van der Waals surface area contributed by atoms with E-state index in [0.29, 0.717) is 14.6 Å². The maximum Gasteiger partial charge on any atom is 0.257 e. The Bertz CT molecular complexity index is 712. The third-order valence-electron chi connectivity index (χ3n) is 2.76. The van der Waals surface area contributed by atoms with Crippen LogP contribution in [0.2, 0.25) is 0 Å². The number of nitrogen functional groups attached to an aromatic ring is 1. The van der Waals surface area contributed by atoms with E-state index < -0.39 is 17.5 Å². The predicted molar refractivity (Wildman–Crippen MR) is 85.3 cm³/mol. The molecule has 110 valence electrons. The second-order valence-electron chi connectivity index (χ2n) is 4.41. The lowest BCUT2D eigenvalue weighted by Gasteiger charge is -2.12. The molecule has 0 spiro atoms. The van der Waals surface area contributed by atoms with Crippen molar-refractivity contribution in [3.8, 4) is 0 Å². The fourth-order valence-corrected chi connectivity index (χ4v) is 3.37. The van der Waals surface area contributed by atoms with E-state index in [9.17, 15) is 13.6 Å². The Morgan fingerprint density at radius 3 is 2.19 bits per heavy atom. The number of hydrogen-bond donors (Lipinski definition) is 2. The van der Waals surface area contributed by atoms with Gasteiger partial charge in [-0.2, -0.15) is 0 Å². The van der Waals surface area contributed by atoms with Gasteiger partial charge in [0, 0.05) is 20.7 Å². The highest BCUT2D eigenvalue weighted by Gasteiger charge is 2.17. The Balaban J connectivity index is 2.37. The number of amides is 1. The van der Waals surface area contributed by atoms with Crippen molar-refractivity contribution in [2.24, 2.45) is 0 Å². The van der Waals surface area contributed by atoms with Crippen LogP contribution in [0.1, 0.15) is 15.9 Å². The van der Waals surface area contributed by atoms with Gasteiger partial charge in [-0.1, -0.05) is 0 Å². The van der Waals surface area contributed by atoms with Crippen LogP contribution in [0.25, 0.3) is 0 Å². The van der Waals surface area contributed by atoms with Crippen molar-refractivity contribution in [1.82, 2.24) is 0 Å². The predicted octanol–water partition coefficient (Wildman–Crippen LogP) is 4.63. The van der Waals surface area contributed by atoms with E-state index >= 15 is 0 Å². The summed E-state index contributed by atoms with van der Waals surface area (Å²) in [4.78, 5) is 12.2. The van der Waals surface area contributed by atoms with Crippen molar-refractivity contribution >= 4 is 49.1 Å². The van der Waals surface area contributed by atoms with Gasteiger partial charge >= 0.3 is 0 Å². The summed E-state index contributed by atoms with van der Waals surface area (Å²) in [6, 6.07) is 5.18. The molecule has 0 aliphatic heterocycles. The normalized spacial score (nSPS) is 10.5. The van der Waals surface area contributed by atoms with Crippen molar-refractivity contribution < 1.29 is 13.6 Å². The number of rotatable bonds is 2. The topological polar surface area (TPSA) is 55.1 Å². The zero-order valence-electron chi connectivity index (χ0n) is 10.8. The second-order valence-corrected chi connectivity index (χ2v) is 6.12. The smallest absolute Gasteiger partial charge is 0.257 e. The fourth-order valence-electron chi connectivity index (χ4n) is 1.76. The molecule has 0 heterocycles. The van der Waals surface area contributed by atoms with Crippen molar-refractivity contribution in [1.29, 1.82) is 0 Å². The molecular weight excluding hydrogens is 410 g/mol. The summed E-state index contributed by atoms with van der Waals surface area (Å²) < 4.78 is 27.6. The molecule has 0 unspecified atom stereocenters. The Hall–Kier alpha value is -1.47. The summed E-state index contributed by atoms with van der Waals surface area (Å²) in [6.45, 7) is 1.90.